The topological polar surface area (TPSA) is 64.0 Å². The minimum Gasteiger partial charge on any atom is -0.508 e. The molecule has 1 saturated heterocycles. The van der Waals surface area contributed by atoms with E-state index in [1.807, 2.05) is 23.1 Å². The van der Waals surface area contributed by atoms with E-state index in [4.69, 9.17) is 0 Å². The van der Waals surface area contributed by atoms with Gasteiger partial charge in [0.05, 0.1) is 0 Å². The van der Waals surface area contributed by atoms with Crippen LogP contribution in [0.2, 0.25) is 0 Å². The highest BCUT2D eigenvalue weighted by molar-refractivity contribution is 5.78. The molecule has 1 heterocycles. The molecule has 1 atom stereocenters. The number of nitrogens with zero attached hydrogens (tertiary/aromatic N) is 2. The van der Waals surface area contributed by atoms with Gasteiger partial charge in [0.2, 0.25) is 5.91 Å². The van der Waals surface area contributed by atoms with Gasteiger partial charge in [-0.2, -0.15) is 0 Å². The van der Waals surface area contributed by atoms with E-state index in [-0.39, 0.29) is 29.7 Å². The molecule has 0 unspecified atom stereocenters. The predicted molar refractivity (Wildman–Crippen MR) is 118 cm³/mol. The molecule has 2 N–H and O–H groups in total. The normalized spacial score (nSPS) is 19.5. The van der Waals surface area contributed by atoms with Crippen LogP contribution in [0.1, 0.15) is 55.6 Å². The van der Waals surface area contributed by atoms with Crippen molar-refractivity contribution in [3.05, 3.63) is 59.7 Å². The summed E-state index contributed by atoms with van der Waals surface area (Å²) >= 11 is 0. The van der Waals surface area contributed by atoms with E-state index in [9.17, 15) is 15.0 Å². The first kappa shape index (κ1) is 20.7. The molecule has 0 radical (unpaired) electrons. The monoisotopic (exact) mass is 408 g/mol. The smallest absolute Gasteiger partial charge is 0.223 e. The molecule has 1 aliphatic carbocycles. The Morgan fingerprint density at radius 1 is 0.933 bits per heavy atom. The van der Waals surface area contributed by atoms with Gasteiger partial charge in [0.15, 0.2) is 0 Å². The average molecular weight is 409 g/mol. The molecular formula is C25H32N2O3. The third kappa shape index (κ3) is 4.78. The van der Waals surface area contributed by atoms with E-state index >= 15 is 0 Å². The van der Waals surface area contributed by atoms with Crippen LogP contribution in [0.4, 0.5) is 0 Å². The standard InChI is InChI=1S/C25H32N2O3/c28-21-10-5-7-19(17-21)23(22-11-3-4-12-24(22)29)18-25(30)27-14-6-13-26(15-16-27)20-8-1-2-9-20/h3-5,7,10-12,17,20,23,28-29H,1-2,6,8-9,13-16,18H2/t23-/m0/s1. The number of hydrogen-bond donors (Lipinski definition) is 2. The second kappa shape index (κ2) is 9.52. The lowest BCUT2D eigenvalue weighted by molar-refractivity contribution is -0.131. The Morgan fingerprint density at radius 2 is 1.73 bits per heavy atom. The van der Waals surface area contributed by atoms with Crippen molar-refractivity contribution in [2.45, 2.75) is 50.5 Å². The maximum Gasteiger partial charge on any atom is 0.223 e. The number of amides is 1. The van der Waals surface area contributed by atoms with Gasteiger partial charge in [-0.15, -0.1) is 0 Å². The van der Waals surface area contributed by atoms with Crippen LogP contribution in [0, 0.1) is 0 Å². The van der Waals surface area contributed by atoms with Gasteiger partial charge in [0, 0.05) is 50.1 Å². The number of carbonyl (C=O) groups is 1. The Kier molecular flexibility index (Phi) is 6.58. The number of rotatable bonds is 5. The lowest BCUT2D eigenvalue weighted by Crippen LogP contribution is -2.38. The fourth-order valence-electron chi connectivity index (χ4n) is 5.06. The van der Waals surface area contributed by atoms with Crippen molar-refractivity contribution in [1.29, 1.82) is 0 Å². The largest absolute Gasteiger partial charge is 0.508 e. The first-order chi connectivity index (χ1) is 14.6. The predicted octanol–water partition coefficient (Wildman–Crippen LogP) is 4.10. The average Bonchev–Trinajstić information content (AvgIpc) is 3.17. The SMILES string of the molecule is O=C(C[C@@H](c1cccc(O)c1)c1ccccc1O)N1CCCN(C2CCCC2)CC1. The minimum atomic E-state index is -0.292. The molecule has 5 nitrogen and oxygen atoms in total. The molecular weight excluding hydrogens is 376 g/mol. The first-order valence-electron chi connectivity index (χ1n) is 11.2. The molecule has 160 valence electrons. The number of carbonyl (C=O) groups excluding carboxylic acids is 1. The van der Waals surface area contributed by atoms with Crippen molar-refractivity contribution in [2.24, 2.45) is 0 Å². The van der Waals surface area contributed by atoms with E-state index in [2.05, 4.69) is 4.90 Å². The third-order valence-electron chi connectivity index (χ3n) is 6.69. The van der Waals surface area contributed by atoms with Crippen LogP contribution in [-0.2, 0) is 4.79 Å². The van der Waals surface area contributed by atoms with Gasteiger partial charge in [-0.3, -0.25) is 9.69 Å². The second-order valence-electron chi connectivity index (χ2n) is 8.62. The summed E-state index contributed by atoms with van der Waals surface area (Å²) in [5.74, 6) is 0.170. The second-order valence-corrected chi connectivity index (χ2v) is 8.62. The van der Waals surface area contributed by atoms with Crippen LogP contribution in [0.15, 0.2) is 48.5 Å². The molecule has 5 heteroatoms. The van der Waals surface area contributed by atoms with Crippen LogP contribution < -0.4 is 0 Å². The molecule has 2 aliphatic rings. The van der Waals surface area contributed by atoms with Gasteiger partial charge in [0.1, 0.15) is 11.5 Å². The molecule has 2 aromatic carbocycles. The van der Waals surface area contributed by atoms with Crippen molar-refractivity contribution in [3.63, 3.8) is 0 Å². The molecule has 0 aromatic heterocycles. The molecule has 30 heavy (non-hydrogen) atoms. The Balaban J connectivity index is 1.50. The highest BCUT2D eigenvalue weighted by Crippen LogP contribution is 2.35. The van der Waals surface area contributed by atoms with Crippen molar-refractivity contribution < 1.29 is 15.0 Å². The van der Waals surface area contributed by atoms with Crippen molar-refractivity contribution in [2.75, 3.05) is 26.2 Å². The zero-order valence-corrected chi connectivity index (χ0v) is 17.5. The van der Waals surface area contributed by atoms with Crippen LogP contribution in [0.25, 0.3) is 0 Å². The fourth-order valence-corrected chi connectivity index (χ4v) is 5.06. The summed E-state index contributed by atoms with van der Waals surface area (Å²) in [6, 6.07) is 14.9. The van der Waals surface area contributed by atoms with Crippen LogP contribution in [0.5, 0.6) is 11.5 Å². The first-order valence-corrected chi connectivity index (χ1v) is 11.2. The Labute approximate surface area is 178 Å². The summed E-state index contributed by atoms with van der Waals surface area (Å²) in [6.07, 6.45) is 6.54. The molecule has 4 rings (SSSR count). The third-order valence-corrected chi connectivity index (χ3v) is 6.69. The Hall–Kier alpha value is -2.53. The van der Waals surface area contributed by atoms with Crippen molar-refractivity contribution >= 4 is 5.91 Å². The lowest BCUT2D eigenvalue weighted by Gasteiger charge is -2.28. The number of phenolic OH excluding ortho intramolecular Hbond substituents is 2. The zero-order valence-electron chi connectivity index (χ0n) is 17.5. The van der Waals surface area contributed by atoms with E-state index in [0.717, 1.165) is 43.7 Å². The van der Waals surface area contributed by atoms with Crippen LogP contribution in [0.3, 0.4) is 0 Å². The van der Waals surface area contributed by atoms with Crippen molar-refractivity contribution in [3.8, 4) is 11.5 Å². The number of hydrogen-bond acceptors (Lipinski definition) is 4. The number of benzene rings is 2. The molecule has 2 fully saturated rings. The Morgan fingerprint density at radius 3 is 2.50 bits per heavy atom. The lowest BCUT2D eigenvalue weighted by atomic mass is 9.87. The van der Waals surface area contributed by atoms with Gasteiger partial charge < -0.3 is 15.1 Å². The molecule has 1 amide bonds. The molecule has 1 saturated carbocycles. The van der Waals surface area contributed by atoms with Gasteiger partial charge in [-0.25, -0.2) is 0 Å². The highest BCUT2D eigenvalue weighted by Gasteiger charge is 2.28. The van der Waals surface area contributed by atoms with E-state index in [0.29, 0.717) is 6.04 Å². The maximum absolute atomic E-state index is 13.3. The van der Waals surface area contributed by atoms with Crippen molar-refractivity contribution in [1.82, 2.24) is 9.80 Å². The molecule has 0 bridgehead atoms. The summed E-state index contributed by atoms with van der Waals surface area (Å²) in [5, 5.41) is 20.4. The zero-order chi connectivity index (χ0) is 20.9. The number of para-hydroxylation sites is 1. The Bertz CT molecular complexity index is 863. The van der Waals surface area contributed by atoms with E-state index in [1.54, 1.807) is 30.3 Å². The van der Waals surface area contributed by atoms with Crippen LogP contribution >= 0.6 is 0 Å². The molecule has 0 spiro atoms. The summed E-state index contributed by atoms with van der Waals surface area (Å²) < 4.78 is 0. The summed E-state index contributed by atoms with van der Waals surface area (Å²) in [4.78, 5) is 17.9. The van der Waals surface area contributed by atoms with E-state index < -0.39 is 0 Å². The number of aromatic hydroxyl groups is 2. The molecule has 2 aromatic rings. The molecule has 1 aliphatic heterocycles. The summed E-state index contributed by atoms with van der Waals surface area (Å²) in [5.41, 5.74) is 1.56. The highest BCUT2D eigenvalue weighted by atomic mass is 16.3. The summed E-state index contributed by atoms with van der Waals surface area (Å²) in [6.45, 7) is 3.58. The quantitative estimate of drug-likeness (QED) is 0.782. The minimum absolute atomic E-state index is 0.111. The van der Waals surface area contributed by atoms with E-state index in [1.165, 1.54) is 25.7 Å². The fraction of sp³-hybridized carbons (Fsp3) is 0.480. The maximum atomic E-state index is 13.3. The van der Waals surface area contributed by atoms with Gasteiger partial charge in [-0.05, 0) is 43.0 Å². The summed E-state index contributed by atoms with van der Waals surface area (Å²) in [7, 11) is 0. The van der Waals surface area contributed by atoms with Gasteiger partial charge >= 0.3 is 0 Å². The van der Waals surface area contributed by atoms with Gasteiger partial charge in [-0.1, -0.05) is 43.2 Å². The van der Waals surface area contributed by atoms with Crippen LogP contribution in [-0.4, -0.2) is 58.1 Å². The van der Waals surface area contributed by atoms with Gasteiger partial charge in [0.25, 0.3) is 0 Å². The number of phenols is 2.